The minimum Gasteiger partial charge on any atom is -0.360 e. The Morgan fingerprint density at radius 1 is 1.03 bits per heavy atom. The van der Waals surface area contributed by atoms with Crippen molar-refractivity contribution in [3.63, 3.8) is 0 Å². The fraction of sp³-hybridized carbons (Fsp3) is 0.125. The minimum absolute atomic E-state index is 0.0469. The van der Waals surface area contributed by atoms with Crippen molar-refractivity contribution in [1.82, 2.24) is 10.3 Å². The molecule has 0 saturated heterocycles. The molecule has 0 amide bonds. The van der Waals surface area contributed by atoms with Gasteiger partial charge in [0.15, 0.2) is 5.78 Å². The van der Waals surface area contributed by atoms with E-state index in [2.05, 4.69) is 10.3 Å². The van der Waals surface area contributed by atoms with Gasteiger partial charge >= 0.3 is 0 Å². The van der Waals surface area contributed by atoms with E-state index in [1.807, 2.05) is 36.4 Å². The van der Waals surface area contributed by atoms with E-state index in [0.29, 0.717) is 23.6 Å². The third-order valence-corrected chi connectivity index (χ3v) is 6.48. The number of benzene rings is 3. The molecule has 0 aliphatic carbocycles. The quantitative estimate of drug-likeness (QED) is 0.337. The summed E-state index contributed by atoms with van der Waals surface area (Å²) < 4.78 is 22.8. The zero-order valence-corrected chi connectivity index (χ0v) is 18.7. The van der Waals surface area contributed by atoms with E-state index < -0.39 is 16.1 Å². The second-order valence-electron chi connectivity index (χ2n) is 7.49. The molecule has 0 bridgehead atoms. The Morgan fingerprint density at radius 2 is 1.75 bits per heavy atom. The van der Waals surface area contributed by atoms with Crippen LogP contribution in [0.25, 0.3) is 10.9 Å². The molecule has 32 heavy (non-hydrogen) atoms. The summed E-state index contributed by atoms with van der Waals surface area (Å²) in [5.74, 6) is -0.0469. The van der Waals surface area contributed by atoms with Gasteiger partial charge in [0.1, 0.15) is 0 Å². The first-order valence-electron chi connectivity index (χ1n) is 10.0. The first-order valence-corrected chi connectivity index (χ1v) is 12.0. The fourth-order valence-electron chi connectivity index (χ4n) is 3.67. The van der Waals surface area contributed by atoms with E-state index in [-0.39, 0.29) is 10.7 Å². The average Bonchev–Trinajstić information content (AvgIpc) is 3.19. The van der Waals surface area contributed by atoms with Crippen LogP contribution in [0, 0.1) is 0 Å². The summed E-state index contributed by atoms with van der Waals surface area (Å²) in [6.07, 6.45) is 2.33. The molecular weight excluding hydrogens is 446 g/mol. The van der Waals surface area contributed by atoms with E-state index in [4.69, 9.17) is 16.7 Å². The van der Waals surface area contributed by atoms with Crippen molar-refractivity contribution in [3.8, 4) is 0 Å². The highest BCUT2D eigenvalue weighted by Crippen LogP contribution is 2.26. The molecular formula is C24H22ClN3O3S. The minimum atomic E-state index is -3.72. The summed E-state index contributed by atoms with van der Waals surface area (Å²) in [6.45, 7) is 0.522. The molecule has 1 aromatic heterocycles. The third-order valence-electron chi connectivity index (χ3n) is 5.32. The number of carbonyl (C=O) groups excluding carboxylic acids is 1. The van der Waals surface area contributed by atoms with Gasteiger partial charge in [-0.05, 0) is 41.8 Å². The lowest BCUT2D eigenvalue weighted by molar-refractivity contribution is 0.0945. The first-order chi connectivity index (χ1) is 15.3. The molecule has 0 spiro atoms. The molecule has 6 nitrogen and oxygen atoms in total. The van der Waals surface area contributed by atoms with E-state index in [0.717, 1.165) is 22.0 Å². The monoisotopic (exact) mass is 467 g/mol. The molecule has 0 radical (unpaired) electrons. The number of hydrogen-bond donors (Lipinski definition) is 3. The zero-order valence-electron chi connectivity index (χ0n) is 17.1. The molecule has 4 aromatic rings. The third kappa shape index (κ3) is 4.92. The maximum absolute atomic E-state index is 13.5. The van der Waals surface area contributed by atoms with E-state index in [1.165, 1.54) is 12.1 Å². The van der Waals surface area contributed by atoms with E-state index >= 15 is 0 Å². The molecule has 0 saturated carbocycles. The Morgan fingerprint density at radius 3 is 2.44 bits per heavy atom. The lowest BCUT2D eigenvalue weighted by atomic mass is 9.96. The van der Waals surface area contributed by atoms with Crippen molar-refractivity contribution in [2.45, 2.75) is 17.4 Å². The summed E-state index contributed by atoms with van der Waals surface area (Å²) in [7, 11) is -3.72. The molecule has 4 rings (SSSR count). The van der Waals surface area contributed by atoms with Gasteiger partial charge in [-0.15, -0.1) is 0 Å². The van der Waals surface area contributed by atoms with Gasteiger partial charge in [-0.3, -0.25) is 4.79 Å². The number of aromatic nitrogens is 1. The van der Waals surface area contributed by atoms with Crippen LogP contribution in [0.1, 0.15) is 27.5 Å². The van der Waals surface area contributed by atoms with E-state index in [9.17, 15) is 13.2 Å². The SMILES string of the molecule is NS(=O)(=O)c1ccc(CCN[C@@H](C(=O)c2c[nH]c3cc(Cl)ccc23)c2ccccc2)cc1. The van der Waals surface area contributed by atoms with Gasteiger partial charge in [0.2, 0.25) is 10.0 Å². The predicted octanol–water partition coefficient (Wildman–Crippen LogP) is 4.23. The van der Waals surface area contributed by atoms with Crippen LogP contribution in [-0.2, 0) is 16.4 Å². The summed E-state index contributed by atoms with van der Waals surface area (Å²) >= 11 is 6.07. The molecule has 1 heterocycles. The van der Waals surface area contributed by atoms with Gasteiger partial charge in [0.25, 0.3) is 0 Å². The second-order valence-corrected chi connectivity index (χ2v) is 9.49. The van der Waals surface area contributed by atoms with Crippen molar-refractivity contribution in [3.05, 3.63) is 101 Å². The summed E-state index contributed by atoms with van der Waals surface area (Å²) in [4.78, 5) is 16.7. The summed E-state index contributed by atoms with van der Waals surface area (Å²) in [5, 5.41) is 9.93. The number of nitrogens with one attached hydrogen (secondary N) is 2. The Labute approximate surface area is 191 Å². The second kappa shape index (κ2) is 9.26. The first kappa shape index (κ1) is 22.2. The van der Waals surface area contributed by atoms with Gasteiger partial charge in [0.05, 0.1) is 10.9 Å². The number of sulfonamides is 1. The van der Waals surface area contributed by atoms with Gasteiger partial charge in [-0.1, -0.05) is 60.1 Å². The molecule has 4 N–H and O–H groups in total. The molecule has 0 aliphatic heterocycles. The van der Waals surface area contributed by atoms with Crippen molar-refractivity contribution in [2.24, 2.45) is 5.14 Å². The summed E-state index contributed by atoms with van der Waals surface area (Å²) in [6, 6.07) is 20.9. The maximum atomic E-state index is 13.5. The number of nitrogens with two attached hydrogens (primary N) is 1. The molecule has 0 unspecified atom stereocenters. The molecule has 3 aromatic carbocycles. The maximum Gasteiger partial charge on any atom is 0.238 e. The molecule has 0 fully saturated rings. The molecule has 164 valence electrons. The van der Waals surface area contributed by atoms with Gasteiger partial charge in [-0.25, -0.2) is 13.6 Å². The van der Waals surface area contributed by atoms with Crippen LogP contribution in [-0.4, -0.2) is 25.7 Å². The van der Waals surface area contributed by atoms with Crippen LogP contribution >= 0.6 is 11.6 Å². The number of halogens is 1. The lowest BCUT2D eigenvalue weighted by Gasteiger charge is -2.18. The van der Waals surface area contributed by atoms with Crippen molar-refractivity contribution in [2.75, 3.05) is 6.54 Å². The van der Waals surface area contributed by atoms with Crippen LogP contribution in [0.5, 0.6) is 0 Å². The van der Waals surface area contributed by atoms with Crippen LogP contribution < -0.4 is 10.5 Å². The highest BCUT2D eigenvalue weighted by Gasteiger charge is 2.24. The van der Waals surface area contributed by atoms with Crippen molar-refractivity contribution in [1.29, 1.82) is 0 Å². The number of Topliss-reactive ketones (excluding diaryl/α,β-unsaturated/α-hetero) is 1. The predicted molar refractivity (Wildman–Crippen MR) is 126 cm³/mol. The van der Waals surface area contributed by atoms with Crippen LogP contribution in [0.2, 0.25) is 5.02 Å². The van der Waals surface area contributed by atoms with Gasteiger partial charge in [-0.2, -0.15) is 0 Å². The number of aromatic amines is 1. The van der Waals surface area contributed by atoms with Crippen LogP contribution in [0.15, 0.2) is 83.9 Å². The standard InChI is InChI=1S/C24H22ClN3O3S/c25-18-8-11-20-21(15-28-22(20)14-18)24(29)23(17-4-2-1-3-5-17)27-13-12-16-6-9-19(10-7-16)32(26,30)31/h1-11,14-15,23,27-28H,12-13H2,(H2,26,30,31)/t23-/m1/s1. The Hall–Kier alpha value is -2.97. The number of hydrogen-bond acceptors (Lipinski definition) is 4. The fourth-order valence-corrected chi connectivity index (χ4v) is 4.36. The molecule has 0 aliphatic rings. The number of H-pyrrole nitrogens is 1. The Kier molecular flexibility index (Phi) is 6.43. The topological polar surface area (TPSA) is 105 Å². The number of fused-ring (bicyclic) bond motifs is 1. The van der Waals surface area contributed by atoms with Crippen LogP contribution in [0.3, 0.4) is 0 Å². The van der Waals surface area contributed by atoms with Crippen molar-refractivity contribution >= 4 is 38.3 Å². The normalized spacial score (nSPS) is 12.7. The highest BCUT2D eigenvalue weighted by molar-refractivity contribution is 7.89. The number of primary sulfonamides is 1. The summed E-state index contributed by atoms with van der Waals surface area (Å²) in [5.41, 5.74) is 3.20. The van der Waals surface area contributed by atoms with Crippen molar-refractivity contribution < 1.29 is 13.2 Å². The van der Waals surface area contributed by atoms with Gasteiger partial charge < -0.3 is 10.3 Å². The van der Waals surface area contributed by atoms with Crippen LogP contribution in [0.4, 0.5) is 0 Å². The average molecular weight is 468 g/mol. The molecule has 8 heteroatoms. The highest BCUT2D eigenvalue weighted by atomic mass is 35.5. The molecule has 1 atom stereocenters. The lowest BCUT2D eigenvalue weighted by Crippen LogP contribution is -2.30. The number of rotatable bonds is 8. The zero-order chi connectivity index (χ0) is 22.7. The Balaban J connectivity index is 1.54. The smallest absolute Gasteiger partial charge is 0.238 e. The van der Waals surface area contributed by atoms with Gasteiger partial charge in [0, 0.05) is 34.2 Å². The Bertz CT molecular complexity index is 1350. The number of carbonyl (C=O) groups is 1. The largest absolute Gasteiger partial charge is 0.360 e. The van der Waals surface area contributed by atoms with E-state index in [1.54, 1.807) is 30.5 Å². The number of ketones is 1.